The molecule has 10 nitrogen and oxygen atoms in total. The highest BCUT2D eigenvalue weighted by Crippen LogP contribution is 2.49. The van der Waals surface area contributed by atoms with E-state index in [9.17, 15) is 24.4 Å². The van der Waals surface area contributed by atoms with Gasteiger partial charge in [0, 0.05) is 11.8 Å². The molecule has 0 radical (unpaired) electrons. The normalized spacial score (nSPS) is 26.3. The van der Waals surface area contributed by atoms with E-state index >= 15 is 0 Å². The Kier molecular flexibility index (Phi) is 6.95. The van der Waals surface area contributed by atoms with Crippen LogP contribution in [0.4, 0.5) is 0 Å². The van der Waals surface area contributed by atoms with E-state index in [1.54, 1.807) is 13.8 Å². The standard InChI is InChI=1S/C15H25N2O8P/c1-4-23-26(22,24-5-2)7-6-10-11(18)12(19)14(25-10)17-8-9(3)13(20)16-15(17)21/h8,10-12,14,18-19H,4-7H2,1-3H3,(H,16,20,21)/t10-,11-,12+,14-/m1/s1. The molecule has 0 bridgehead atoms. The van der Waals surface area contributed by atoms with Crippen LogP contribution in [0.2, 0.25) is 0 Å². The molecule has 3 N–H and O–H groups in total. The van der Waals surface area contributed by atoms with E-state index in [4.69, 9.17) is 13.8 Å². The summed E-state index contributed by atoms with van der Waals surface area (Å²) in [6.07, 6.45) is -3.37. The van der Waals surface area contributed by atoms with Gasteiger partial charge in [-0.15, -0.1) is 0 Å². The summed E-state index contributed by atoms with van der Waals surface area (Å²) in [5.74, 6) is 0. The number of aliphatic hydroxyl groups is 2. The van der Waals surface area contributed by atoms with Crippen molar-refractivity contribution in [3.8, 4) is 0 Å². The average Bonchev–Trinajstić information content (AvgIpc) is 2.85. The van der Waals surface area contributed by atoms with Gasteiger partial charge in [0.05, 0.1) is 25.5 Å². The molecule has 0 spiro atoms. The van der Waals surface area contributed by atoms with Gasteiger partial charge in [0.2, 0.25) is 0 Å². The lowest BCUT2D eigenvalue weighted by atomic mass is 10.1. The number of aromatic nitrogens is 2. The predicted octanol–water partition coefficient (Wildman–Crippen LogP) is 0.120. The minimum absolute atomic E-state index is 0.00457. The summed E-state index contributed by atoms with van der Waals surface area (Å²) < 4.78 is 29.5. The Bertz CT molecular complexity index is 766. The van der Waals surface area contributed by atoms with Crippen molar-refractivity contribution < 1.29 is 28.6 Å². The highest BCUT2D eigenvalue weighted by atomic mass is 31.2. The Morgan fingerprint density at radius 3 is 2.42 bits per heavy atom. The molecule has 0 unspecified atom stereocenters. The maximum absolute atomic E-state index is 12.5. The molecule has 1 aliphatic rings. The van der Waals surface area contributed by atoms with E-state index in [-0.39, 0.29) is 31.4 Å². The topological polar surface area (TPSA) is 140 Å². The molecular formula is C15H25N2O8P. The van der Waals surface area contributed by atoms with Crippen molar-refractivity contribution in [3.05, 3.63) is 32.6 Å². The highest BCUT2D eigenvalue weighted by Gasteiger charge is 2.44. The molecule has 2 heterocycles. The molecule has 0 amide bonds. The number of nitrogens with one attached hydrogen (secondary N) is 1. The molecule has 1 fully saturated rings. The summed E-state index contributed by atoms with van der Waals surface area (Å²) in [7, 11) is -3.32. The van der Waals surface area contributed by atoms with Crippen LogP contribution in [0.1, 0.15) is 32.1 Å². The fraction of sp³-hybridized carbons (Fsp3) is 0.733. The molecule has 1 aromatic rings. The predicted molar refractivity (Wildman–Crippen MR) is 92.3 cm³/mol. The summed E-state index contributed by atoms with van der Waals surface area (Å²) >= 11 is 0. The van der Waals surface area contributed by atoms with Crippen LogP contribution in [0.5, 0.6) is 0 Å². The van der Waals surface area contributed by atoms with Crippen molar-refractivity contribution in [1.82, 2.24) is 9.55 Å². The van der Waals surface area contributed by atoms with E-state index in [0.717, 1.165) is 4.57 Å². The quantitative estimate of drug-likeness (QED) is 0.530. The molecule has 0 aromatic carbocycles. The van der Waals surface area contributed by atoms with Crippen molar-refractivity contribution in [3.63, 3.8) is 0 Å². The van der Waals surface area contributed by atoms with Gasteiger partial charge in [-0.25, -0.2) is 4.79 Å². The third-order valence-corrected chi connectivity index (χ3v) is 6.21. The van der Waals surface area contributed by atoms with Crippen molar-refractivity contribution in [1.29, 1.82) is 0 Å². The number of ether oxygens (including phenoxy) is 1. The largest absolute Gasteiger partial charge is 0.388 e. The molecule has 1 aromatic heterocycles. The fourth-order valence-corrected chi connectivity index (χ4v) is 4.51. The van der Waals surface area contributed by atoms with E-state index < -0.39 is 43.4 Å². The number of aryl methyl sites for hydroxylation is 1. The summed E-state index contributed by atoms with van der Waals surface area (Å²) in [5.41, 5.74) is -1.03. The van der Waals surface area contributed by atoms with Gasteiger partial charge in [-0.3, -0.25) is 18.9 Å². The molecule has 0 aliphatic carbocycles. The molecular weight excluding hydrogens is 367 g/mol. The van der Waals surface area contributed by atoms with Crippen molar-refractivity contribution in [2.75, 3.05) is 19.4 Å². The van der Waals surface area contributed by atoms with Gasteiger partial charge >= 0.3 is 13.3 Å². The maximum atomic E-state index is 12.5. The molecule has 2 rings (SSSR count). The Morgan fingerprint density at radius 1 is 1.23 bits per heavy atom. The van der Waals surface area contributed by atoms with Crippen LogP contribution < -0.4 is 11.2 Å². The minimum Gasteiger partial charge on any atom is -0.388 e. The average molecular weight is 392 g/mol. The molecule has 148 valence electrons. The number of hydrogen-bond acceptors (Lipinski definition) is 8. The Labute approximate surface area is 150 Å². The van der Waals surface area contributed by atoms with Crippen LogP contribution in [0.3, 0.4) is 0 Å². The molecule has 1 aliphatic heterocycles. The van der Waals surface area contributed by atoms with Crippen LogP contribution in [0.25, 0.3) is 0 Å². The number of H-pyrrole nitrogens is 1. The zero-order valence-electron chi connectivity index (χ0n) is 15.0. The van der Waals surface area contributed by atoms with Gasteiger partial charge in [0.15, 0.2) is 6.23 Å². The van der Waals surface area contributed by atoms with Gasteiger partial charge in [0.25, 0.3) is 5.56 Å². The minimum atomic E-state index is -3.32. The van der Waals surface area contributed by atoms with Gasteiger partial charge in [-0.2, -0.15) is 0 Å². The zero-order chi connectivity index (χ0) is 19.5. The van der Waals surface area contributed by atoms with Crippen molar-refractivity contribution >= 4 is 7.60 Å². The van der Waals surface area contributed by atoms with E-state index in [1.807, 2.05) is 0 Å². The maximum Gasteiger partial charge on any atom is 0.330 e. The summed E-state index contributed by atoms with van der Waals surface area (Å²) in [6, 6.07) is 0. The fourth-order valence-electron chi connectivity index (χ4n) is 2.82. The first-order valence-electron chi connectivity index (χ1n) is 8.44. The summed E-state index contributed by atoms with van der Waals surface area (Å²) in [5, 5.41) is 20.5. The summed E-state index contributed by atoms with van der Waals surface area (Å²) in [6.45, 7) is 5.31. The van der Waals surface area contributed by atoms with Crippen LogP contribution in [0.15, 0.2) is 15.8 Å². The highest BCUT2D eigenvalue weighted by molar-refractivity contribution is 7.53. The first kappa shape index (κ1) is 21.0. The molecule has 11 heteroatoms. The SMILES string of the molecule is CCOP(=O)(CC[C@H]1O[C@@H](n2cc(C)c(=O)[nH]c2=O)[C@@H](O)[C@@H]1O)OCC. The van der Waals surface area contributed by atoms with E-state index in [1.165, 1.54) is 13.1 Å². The smallest absolute Gasteiger partial charge is 0.330 e. The Balaban J connectivity index is 2.15. The van der Waals surface area contributed by atoms with Gasteiger partial charge in [0.1, 0.15) is 12.2 Å². The molecule has 1 saturated heterocycles. The van der Waals surface area contributed by atoms with Crippen molar-refractivity contribution in [2.24, 2.45) is 0 Å². The number of rotatable bonds is 8. The molecule has 0 saturated carbocycles. The number of aliphatic hydroxyl groups excluding tert-OH is 2. The lowest BCUT2D eigenvalue weighted by molar-refractivity contribution is -0.0407. The first-order valence-corrected chi connectivity index (χ1v) is 10.2. The lowest BCUT2D eigenvalue weighted by Gasteiger charge is -2.20. The Hall–Kier alpha value is -1.29. The second-order valence-electron chi connectivity index (χ2n) is 5.98. The van der Waals surface area contributed by atoms with E-state index in [0.29, 0.717) is 0 Å². The monoisotopic (exact) mass is 392 g/mol. The Morgan fingerprint density at radius 2 is 1.85 bits per heavy atom. The number of hydrogen-bond donors (Lipinski definition) is 3. The van der Waals surface area contributed by atoms with Crippen LogP contribution in [-0.4, -0.2) is 57.5 Å². The van der Waals surface area contributed by atoms with Gasteiger partial charge in [-0.05, 0) is 27.2 Å². The van der Waals surface area contributed by atoms with Crippen molar-refractivity contribution in [2.45, 2.75) is 51.7 Å². The van der Waals surface area contributed by atoms with Crippen LogP contribution >= 0.6 is 7.60 Å². The molecule has 4 atom stereocenters. The summed E-state index contributed by atoms with van der Waals surface area (Å²) in [4.78, 5) is 25.6. The second-order valence-corrected chi connectivity index (χ2v) is 8.17. The first-order chi connectivity index (χ1) is 12.2. The van der Waals surface area contributed by atoms with Gasteiger partial charge in [-0.1, -0.05) is 0 Å². The lowest BCUT2D eigenvalue weighted by Crippen LogP contribution is -2.38. The zero-order valence-corrected chi connectivity index (χ0v) is 15.8. The third kappa shape index (κ3) is 4.51. The number of nitrogens with zero attached hydrogens (tertiary/aromatic N) is 1. The van der Waals surface area contributed by atoms with E-state index in [2.05, 4.69) is 4.98 Å². The number of aromatic amines is 1. The van der Waals surface area contributed by atoms with Crippen LogP contribution in [-0.2, 0) is 18.3 Å². The van der Waals surface area contributed by atoms with Crippen LogP contribution in [0, 0.1) is 6.92 Å². The van der Waals surface area contributed by atoms with Gasteiger partial charge < -0.3 is 24.0 Å². The second kappa shape index (κ2) is 8.60. The third-order valence-electron chi connectivity index (χ3n) is 4.10. The molecule has 26 heavy (non-hydrogen) atoms.